The summed E-state index contributed by atoms with van der Waals surface area (Å²) in [5, 5.41) is 20.3. The number of rotatable bonds is 6. The molecular formula is C18H12Br2N2O4. The molecule has 132 valence electrons. The quantitative estimate of drug-likeness (QED) is 0.184. The van der Waals surface area contributed by atoms with Crippen molar-refractivity contribution < 1.29 is 14.5 Å². The lowest BCUT2D eigenvalue weighted by atomic mass is 10.0. The van der Waals surface area contributed by atoms with Crippen molar-refractivity contribution in [2.45, 2.75) is 6.92 Å². The van der Waals surface area contributed by atoms with Gasteiger partial charge in [-0.05, 0) is 41.1 Å². The van der Waals surface area contributed by atoms with E-state index in [4.69, 9.17) is 4.74 Å². The van der Waals surface area contributed by atoms with E-state index < -0.39 is 10.7 Å². The number of ketones is 1. The number of Topliss-reactive ketones (excluding diaryl/α,β-unsaturated/α-hetero) is 1. The summed E-state index contributed by atoms with van der Waals surface area (Å²) in [6.45, 7) is 2.23. The number of nitriles is 1. The van der Waals surface area contributed by atoms with Gasteiger partial charge in [0.15, 0.2) is 0 Å². The van der Waals surface area contributed by atoms with Gasteiger partial charge in [-0.1, -0.05) is 28.1 Å². The van der Waals surface area contributed by atoms with Gasteiger partial charge in [0, 0.05) is 27.7 Å². The molecule has 0 atom stereocenters. The van der Waals surface area contributed by atoms with Crippen molar-refractivity contribution in [2.75, 3.05) is 6.61 Å². The number of nitro groups is 1. The molecule has 0 saturated heterocycles. The van der Waals surface area contributed by atoms with Crippen molar-refractivity contribution >= 4 is 49.4 Å². The first-order valence-corrected chi connectivity index (χ1v) is 8.98. The molecule has 0 spiro atoms. The van der Waals surface area contributed by atoms with Crippen molar-refractivity contribution in [1.29, 1.82) is 5.26 Å². The van der Waals surface area contributed by atoms with Gasteiger partial charge in [0.25, 0.3) is 5.69 Å². The molecule has 2 aromatic carbocycles. The van der Waals surface area contributed by atoms with Gasteiger partial charge >= 0.3 is 0 Å². The van der Waals surface area contributed by atoms with Gasteiger partial charge in [0.2, 0.25) is 5.78 Å². The molecule has 0 N–H and O–H groups in total. The molecule has 0 aromatic heterocycles. The standard InChI is InChI=1S/C18H12Br2N2O4/c1-2-26-18-12(7-14(19)9-16(18)20)6-13(10-21)17(23)11-4-3-5-15(8-11)22(24)25/h3-9H,2H2,1H3/b13-6+. The number of nitro benzene ring substituents is 1. The maximum atomic E-state index is 12.6. The summed E-state index contributed by atoms with van der Waals surface area (Å²) in [5.74, 6) is -0.106. The van der Waals surface area contributed by atoms with Crippen molar-refractivity contribution in [3.63, 3.8) is 0 Å². The number of ether oxygens (including phenoxy) is 1. The van der Waals surface area contributed by atoms with E-state index in [0.717, 1.165) is 10.5 Å². The van der Waals surface area contributed by atoms with Crippen LogP contribution in [0.15, 0.2) is 50.9 Å². The van der Waals surface area contributed by atoms with Crippen LogP contribution in [0.1, 0.15) is 22.8 Å². The van der Waals surface area contributed by atoms with Crippen molar-refractivity contribution in [3.8, 4) is 11.8 Å². The molecule has 0 radical (unpaired) electrons. The highest BCUT2D eigenvalue weighted by atomic mass is 79.9. The van der Waals surface area contributed by atoms with Gasteiger partial charge < -0.3 is 4.74 Å². The second-order valence-corrected chi connectivity index (χ2v) is 6.82. The van der Waals surface area contributed by atoms with Crippen molar-refractivity contribution in [3.05, 3.63) is 72.2 Å². The van der Waals surface area contributed by atoms with Crippen LogP contribution < -0.4 is 4.74 Å². The Labute approximate surface area is 166 Å². The molecule has 0 fully saturated rings. The van der Waals surface area contributed by atoms with Gasteiger partial charge in [-0.25, -0.2) is 0 Å². The number of halogens is 2. The number of carbonyl (C=O) groups excluding carboxylic acids is 1. The minimum Gasteiger partial charge on any atom is -0.492 e. The summed E-state index contributed by atoms with van der Waals surface area (Å²) in [6, 6.07) is 10.6. The normalized spacial score (nSPS) is 10.9. The van der Waals surface area contributed by atoms with Gasteiger partial charge in [-0.2, -0.15) is 5.26 Å². The topological polar surface area (TPSA) is 93.2 Å². The van der Waals surface area contributed by atoms with Gasteiger partial charge in [0.1, 0.15) is 17.4 Å². The van der Waals surface area contributed by atoms with Crippen LogP contribution in [0, 0.1) is 21.4 Å². The number of benzene rings is 2. The minimum atomic E-state index is -0.602. The van der Waals surface area contributed by atoms with Gasteiger partial charge in [-0.3, -0.25) is 14.9 Å². The van der Waals surface area contributed by atoms with E-state index in [1.54, 1.807) is 12.1 Å². The third-order valence-electron chi connectivity index (χ3n) is 3.31. The summed E-state index contributed by atoms with van der Waals surface area (Å²) < 4.78 is 6.98. The Morgan fingerprint density at radius 1 is 1.35 bits per heavy atom. The number of carbonyl (C=O) groups is 1. The molecule has 6 nitrogen and oxygen atoms in total. The van der Waals surface area contributed by atoms with Gasteiger partial charge in [0.05, 0.1) is 16.0 Å². The molecule has 2 rings (SSSR count). The number of allylic oxidation sites excluding steroid dienone is 1. The van der Waals surface area contributed by atoms with Crippen LogP contribution in [-0.4, -0.2) is 17.3 Å². The Hall–Kier alpha value is -2.50. The first-order chi connectivity index (χ1) is 12.4. The molecule has 0 saturated carbocycles. The first-order valence-electron chi connectivity index (χ1n) is 7.40. The number of hydrogen-bond acceptors (Lipinski definition) is 5. The summed E-state index contributed by atoms with van der Waals surface area (Å²) in [6.07, 6.45) is 1.40. The molecule has 0 aliphatic heterocycles. The van der Waals surface area contributed by atoms with Crippen LogP contribution in [0.25, 0.3) is 6.08 Å². The Morgan fingerprint density at radius 3 is 2.69 bits per heavy atom. The SMILES string of the molecule is CCOc1c(Br)cc(Br)cc1/C=C(\C#N)C(=O)c1cccc([N+](=O)[O-])c1. The lowest BCUT2D eigenvalue weighted by Crippen LogP contribution is -2.03. The van der Waals surface area contributed by atoms with E-state index in [2.05, 4.69) is 31.9 Å². The molecule has 0 unspecified atom stereocenters. The predicted molar refractivity (Wildman–Crippen MR) is 104 cm³/mol. The van der Waals surface area contributed by atoms with Crippen LogP contribution in [0.2, 0.25) is 0 Å². The van der Waals surface area contributed by atoms with Crippen LogP contribution in [-0.2, 0) is 0 Å². The Morgan fingerprint density at radius 2 is 2.08 bits per heavy atom. The van der Waals surface area contributed by atoms with Crippen LogP contribution in [0.3, 0.4) is 0 Å². The average Bonchev–Trinajstić information content (AvgIpc) is 2.61. The Balaban J connectivity index is 2.52. The summed E-state index contributed by atoms with van der Waals surface area (Å²) in [5.41, 5.74) is 0.229. The van der Waals surface area contributed by atoms with Gasteiger partial charge in [-0.15, -0.1) is 0 Å². The van der Waals surface area contributed by atoms with E-state index in [1.165, 1.54) is 24.3 Å². The maximum Gasteiger partial charge on any atom is 0.270 e. The monoisotopic (exact) mass is 478 g/mol. The van der Waals surface area contributed by atoms with Crippen molar-refractivity contribution in [2.24, 2.45) is 0 Å². The van der Waals surface area contributed by atoms with E-state index in [0.29, 0.717) is 22.4 Å². The number of nitrogens with zero attached hydrogens (tertiary/aromatic N) is 2. The highest BCUT2D eigenvalue weighted by Crippen LogP contribution is 2.34. The van der Waals surface area contributed by atoms with Crippen LogP contribution in [0.5, 0.6) is 5.75 Å². The fraction of sp³-hybridized carbons (Fsp3) is 0.111. The maximum absolute atomic E-state index is 12.6. The zero-order valence-corrected chi connectivity index (χ0v) is 16.7. The molecule has 0 bridgehead atoms. The van der Waals surface area contributed by atoms with E-state index in [1.807, 2.05) is 13.0 Å². The molecule has 26 heavy (non-hydrogen) atoms. The van der Waals surface area contributed by atoms with Crippen molar-refractivity contribution in [1.82, 2.24) is 0 Å². The molecule has 0 aliphatic carbocycles. The Kier molecular flexibility index (Phi) is 6.66. The van der Waals surface area contributed by atoms with Crippen LogP contribution in [0.4, 0.5) is 5.69 Å². The fourth-order valence-electron chi connectivity index (χ4n) is 2.20. The molecule has 0 amide bonds. The molecule has 8 heteroatoms. The second-order valence-electron chi connectivity index (χ2n) is 5.05. The van der Waals surface area contributed by atoms with Crippen LogP contribution >= 0.6 is 31.9 Å². The summed E-state index contributed by atoms with van der Waals surface area (Å²) in [4.78, 5) is 22.9. The second kappa shape index (κ2) is 8.74. The number of hydrogen-bond donors (Lipinski definition) is 0. The summed E-state index contributed by atoms with van der Waals surface area (Å²) >= 11 is 6.75. The zero-order chi connectivity index (χ0) is 19.3. The minimum absolute atomic E-state index is 0.0685. The lowest BCUT2D eigenvalue weighted by molar-refractivity contribution is -0.384. The average molecular weight is 480 g/mol. The number of non-ortho nitro benzene ring substituents is 1. The smallest absolute Gasteiger partial charge is 0.270 e. The largest absolute Gasteiger partial charge is 0.492 e. The molecule has 0 heterocycles. The first kappa shape index (κ1) is 19.8. The predicted octanol–water partition coefficient (Wildman–Crippen LogP) is 5.31. The Bertz CT molecular complexity index is 949. The van der Waals surface area contributed by atoms with E-state index >= 15 is 0 Å². The van der Waals surface area contributed by atoms with E-state index in [-0.39, 0.29) is 16.8 Å². The lowest BCUT2D eigenvalue weighted by Gasteiger charge is -2.11. The third kappa shape index (κ3) is 4.56. The summed E-state index contributed by atoms with van der Waals surface area (Å²) in [7, 11) is 0. The molecule has 2 aromatic rings. The molecule has 0 aliphatic rings. The van der Waals surface area contributed by atoms with E-state index in [9.17, 15) is 20.2 Å². The zero-order valence-electron chi connectivity index (χ0n) is 13.5. The fourth-order valence-corrected chi connectivity index (χ4v) is 3.58. The highest BCUT2D eigenvalue weighted by Gasteiger charge is 2.17. The highest BCUT2D eigenvalue weighted by molar-refractivity contribution is 9.11. The third-order valence-corrected chi connectivity index (χ3v) is 4.36. The molecular weight excluding hydrogens is 468 g/mol.